The van der Waals surface area contributed by atoms with Crippen LogP contribution in [0.5, 0.6) is 0 Å². The van der Waals surface area contributed by atoms with E-state index in [1.807, 2.05) is 25.1 Å². The number of hydrogen-bond donors (Lipinski definition) is 1. The summed E-state index contributed by atoms with van der Waals surface area (Å²) in [5, 5.41) is 10.4. The molecule has 1 nitrogen and oxygen atoms in total. The molecule has 0 fully saturated rings. The molecule has 1 aromatic carbocycles. The third-order valence-electron chi connectivity index (χ3n) is 2.32. The second-order valence-electron chi connectivity index (χ2n) is 3.73. The molecule has 0 aliphatic rings. The minimum absolute atomic E-state index is 0.222. The van der Waals surface area contributed by atoms with Crippen molar-refractivity contribution < 1.29 is 5.11 Å². The van der Waals surface area contributed by atoms with Crippen molar-refractivity contribution in [3.05, 3.63) is 34.3 Å². The van der Waals surface area contributed by atoms with Gasteiger partial charge in [0.2, 0.25) is 0 Å². The normalized spacial score (nSPS) is 12.9. The maximum atomic E-state index is 9.63. The first-order chi connectivity index (χ1) is 6.63. The first kappa shape index (κ1) is 11.5. The minimum Gasteiger partial charge on any atom is -0.393 e. The third kappa shape index (κ3) is 3.32. The van der Waals surface area contributed by atoms with E-state index in [1.54, 1.807) is 0 Å². The molecule has 0 aromatic heterocycles. The zero-order valence-corrected chi connectivity index (χ0v) is 9.51. The van der Waals surface area contributed by atoms with E-state index in [4.69, 9.17) is 11.6 Å². The van der Waals surface area contributed by atoms with Crippen LogP contribution in [0.1, 0.15) is 30.9 Å². The third-order valence-corrected chi connectivity index (χ3v) is 2.74. The number of benzene rings is 1. The molecule has 0 aliphatic carbocycles. The lowest BCUT2D eigenvalue weighted by Crippen LogP contribution is -2.09. The van der Waals surface area contributed by atoms with Crippen molar-refractivity contribution in [2.45, 2.75) is 39.2 Å². The van der Waals surface area contributed by atoms with Crippen LogP contribution in [0.2, 0.25) is 5.02 Å². The first-order valence-corrected chi connectivity index (χ1v) is 5.44. The Bertz CT molecular complexity index is 296. The van der Waals surface area contributed by atoms with Crippen LogP contribution in [-0.4, -0.2) is 11.2 Å². The summed E-state index contributed by atoms with van der Waals surface area (Å²) in [7, 11) is 0. The van der Waals surface area contributed by atoms with Crippen LogP contribution in [0.15, 0.2) is 18.2 Å². The van der Waals surface area contributed by atoms with Gasteiger partial charge in [0.15, 0.2) is 0 Å². The second-order valence-corrected chi connectivity index (χ2v) is 4.14. The van der Waals surface area contributed by atoms with Gasteiger partial charge < -0.3 is 5.11 Å². The summed E-state index contributed by atoms with van der Waals surface area (Å²) in [4.78, 5) is 0. The first-order valence-electron chi connectivity index (χ1n) is 5.06. The van der Waals surface area contributed by atoms with Crippen LogP contribution in [-0.2, 0) is 6.42 Å². The summed E-state index contributed by atoms with van der Waals surface area (Å²) in [5.74, 6) is 0. The largest absolute Gasteiger partial charge is 0.393 e. The molecule has 0 amide bonds. The Kier molecular flexibility index (Phi) is 4.43. The van der Waals surface area contributed by atoms with Gasteiger partial charge in [-0.3, -0.25) is 0 Å². The fourth-order valence-corrected chi connectivity index (χ4v) is 1.66. The van der Waals surface area contributed by atoms with Crippen molar-refractivity contribution in [1.29, 1.82) is 0 Å². The molecule has 1 atom stereocenters. The molecule has 0 heterocycles. The van der Waals surface area contributed by atoms with Gasteiger partial charge >= 0.3 is 0 Å². The Morgan fingerprint density at radius 2 is 2.14 bits per heavy atom. The Labute approximate surface area is 90.7 Å². The standard InChI is InChI=1S/C12H17ClO/c1-3-4-11(14)8-10-5-6-12(13)9(2)7-10/h5-7,11,14H,3-4,8H2,1-2H3. The average Bonchev–Trinajstić information content (AvgIpc) is 2.12. The van der Waals surface area contributed by atoms with E-state index >= 15 is 0 Å². The van der Waals surface area contributed by atoms with Crippen molar-refractivity contribution >= 4 is 11.6 Å². The molecule has 0 radical (unpaired) electrons. The fourth-order valence-electron chi connectivity index (χ4n) is 1.54. The quantitative estimate of drug-likeness (QED) is 0.812. The Hall–Kier alpha value is -0.530. The monoisotopic (exact) mass is 212 g/mol. The van der Waals surface area contributed by atoms with E-state index in [9.17, 15) is 5.11 Å². The molecule has 1 N–H and O–H groups in total. The summed E-state index contributed by atoms with van der Waals surface area (Å²) < 4.78 is 0. The Morgan fingerprint density at radius 1 is 1.43 bits per heavy atom. The molecule has 1 aromatic rings. The van der Waals surface area contributed by atoms with Crippen molar-refractivity contribution in [3.63, 3.8) is 0 Å². The van der Waals surface area contributed by atoms with Gasteiger partial charge in [-0.1, -0.05) is 37.1 Å². The van der Waals surface area contributed by atoms with Gasteiger partial charge in [0, 0.05) is 5.02 Å². The molecule has 0 saturated heterocycles. The highest BCUT2D eigenvalue weighted by molar-refractivity contribution is 6.31. The van der Waals surface area contributed by atoms with Gasteiger partial charge in [-0.05, 0) is 37.0 Å². The number of halogens is 1. The van der Waals surface area contributed by atoms with Crippen LogP contribution in [0.25, 0.3) is 0 Å². The SMILES string of the molecule is CCCC(O)Cc1ccc(Cl)c(C)c1. The average molecular weight is 213 g/mol. The summed E-state index contributed by atoms with van der Waals surface area (Å²) in [6, 6.07) is 5.92. The van der Waals surface area contributed by atoms with E-state index in [1.165, 1.54) is 0 Å². The molecule has 78 valence electrons. The zero-order valence-electron chi connectivity index (χ0n) is 8.76. The van der Waals surface area contributed by atoms with E-state index in [0.29, 0.717) is 0 Å². The molecule has 1 rings (SSSR count). The summed E-state index contributed by atoms with van der Waals surface area (Å²) >= 11 is 5.92. The topological polar surface area (TPSA) is 20.2 Å². The fraction of sp³-hybridized carbons (Fsp3) is 0.500. The van der Waals surface area contributed by atoms with Crippen LogP contribution in [0.4, 0.5) is 0 Å². The van der Waals surface area contributed by atoms with E-state index < -0.39 is 0 Å². The van der Waals surface area contributed by atoms with Gasteiger partial charge in [-0.2, -0.15) is 0 Å². The molecular formula is C12H17ClO. The maximum absolute atomic E-state index is 9.63. The van der Waals surface area contributed by atoms with Gasteiger partial charge in [-0.25, -0.2) is 0 Å². The highest BCUT2D eigenvalue weighted by Gasteiger charge is 2.05. The molecule has 14 heavy (non-hydrogen) atoms. The van der Waals surface area contributed by atoms with E-state index in [0.717, 1.165) is 35.4 Å². The zero-order chi connectivity index (χ0) is 10.6. The molecular weight excluding hydrogens is 196 g/mol. The number of aliphatic hydroxyl groups is 1. The predicted octanol–water partition coefficient (Wildman–Crippen LogP) is 3.35. The summed E-state index contributed by atoms with van der Waals surface area (Å²) in [6.45, 7) is 4.06. The molecule has 0 aliphatic heterocycles. The molecule has 0 spiro atoms. The maximum Gasteiger partial charge on any atom is 0.0580 e. The number of aliphatic hydroxyl groups excluding tert-OH is 1. The van der Waals surface area contributed by atoms with Crippen LogP contribution >= 0.6 is 11.6 Å². The molecule has 1 unspecified atom stereocenters. The lowest BCUT2D eigenvalue weighted by atomic mass is 10.0. The van der Waals surface area contributed by atoms with E-state index in [-0.39, 0.29) is 6.10 Å². The smallest absolute Gasteiger partial charge is 0.0580 e. The van der Waals surface area contributed by atoms with Crippen LogP contribution < -0.4 is 0 Å². The number of hydrogen-bond acceptors (Lipinski definition) is 1. The lowest BCUT2D eigenvalue weighted by Gasteiger charge is -2.10. The number of aryl methyl sites for hydroxylation is 1. The lowest BCUT2D eigenvalue weighted by molar-refractivity contribution is 0.164. The van der Waals surface area contributed by atoms with Crippen molar-refractivity contribution in [1.82, 2.24) is 0 Å². The van der Waals surface area contributed by atoms with Crippen LogP contribution in [0.3, 0.4) is 0 Å². The van der Waals surface area contributed by atoms with Crippen molar-refractivity contribution in [2.24, 2.45) is 0 Å². The predicted molar refractivity (Wildman–Crippen MR) is 60.8 cm³/mol. The molecule has 0 saturated carbocycles. The van der Waals surface area contributed by atoms with Crippen molar-refractivity contribution in [2.75, 3.05) is 0 Å². The van der Waals surface area contributed by atoms with E-state index in [2.05, 4.69) is 6.92 Å². The Morgan fingerprint density at radius 3 is 2.71 bits per heavy atom. The van der Waals surface area contributed by atoms with Crippen LogP contribution in [0, 0.1) is 6.92 Å². The van der Waals surface area contributed by atoms with Crippen molar-refractivity contribution in [3.8, 4) is 0 Å². The minimum atomic E-state index is -0.222. The number of rotatable bonds is 4. The summed E-state index contributed by atoms with van der Waals surface area (Å²) in [6.07, 6.45) is 2.39. The molecule has 2 heteroatoms. The Balaban J connectivity index is 2.63. The summed E-state index contributed by atoms with van der Waals surface area (Å²) in [5.41, 5.74) is 2.24. The van der Waals surface area contributed by atoms with Gasteiger partial charge in [0.05, 0.1) is 6.10 Å². The van der Waals surface area contributed by atoms with Gasteiger partial charge in [0.1, 0.15) is 0 Å². The van der Waals surface area contributed by atoms with Gasteiger partial charge in [0.25, 0.3) is 0 Å². The molecule has 0 bridgehead atoms. The van der Waals surface area contributed by atoms with Gasteiger partial charge in [-0.15, -0.1) is 0 Å². The highest BCUT2D eigenvalue weighted by atomic mass is 35.5. The highest BCUT2D eigenvalue weighted by Crippen LogP contribution is 2.17. The second kappa shape index (κ2) is 5.38.